The third-order valence-corrected chi connectivity index (χ3v) is 3.89. The summed E-state index contributed by atoms with van der Waals surface area (Å²) in [6.45, 7) is 7.09. The maximum atomic E-state index is 12.7. The predicted octanol–water partition coefficient (Wildman–Crippen LogP) is 4.12. The van der Waals surface area contributed by atoms with Crippen molar-refractivity contribution < 1.29 is 4.79 Å². The van der Waals surface area contributed by atoms with E-state index in [1.807, 2.05) is 62.1 Å². The number of halogens is 1. The van der Waals surface area contributed by atoms with Gasteiger partial charge in [-0.05, 0) is 50.6 Å². The van der Waals surface area contributed by atoms with Crippen LogP contribution in [0.15, 0.2) is 40.9 Å². The Hall–Kier alpha value is -1.68. The van der Waals surface area contributed by atoms with Crippen LogP contribution in [0, 0.1) is 13.8 Å². The largest absolute Gasteiger partial charge is 0.333 e. The normalized spacial score (nSPS) is 10.5. The molecule has 0 atom stereocenters. The topological polar surface area (TPSA) is 33.2 Å². The average Bonchev–Trinajstić information content (AvgIpc) is 2.46. The van der Waals surface area contributed by atoms with E-state index in [0.29, 0.717) is 13.1 Å². The minimum absolute atomic E-state index is 0.0413. The lowest BCUT2D eigenvalue weighted by molar-refractivity contribution is 0.0749. The van der Waals surface area contributed by atoms with Gasteiger partial charge in [-0.2, -0.15) is 0 Å². The van der Waals surface area contributed by atoms with Crippen LogP contribution >= 0.6 is 15.9 Å². The van der Waals surface area contributed by atoms with E-state index in [1.165, 1.54) is 0 Å². The van der Waals surface area contributed by atoms with Crippen molar-refractivity contribution in [3.05, 3.63) is 63.4 Å². The molecule has 0 aliphatic carbocycles. The summed E-state index contributed by atoms with van der Waals surface area (Å²) >= 11 is 3.43. The number of pyridine rings is 1. The summed E-state index contributed by atoms with van der Waals surface area (Å²) in [6.07, 6.45) is 0. The molecule has 21 heavy (non-hydrogen) atoms. The zero-order valence-corrected chi connectivity index (χ0v) is 14.1. The highest BCUT2D eigenvalue weighted by atomic mass is 79.9. The highest BCUT2D eigenvalue weighted by Crippen LogP contribution is 2.18. The van der Waals surface area contributed by atoms with Crippen LogP contribution in [0.4, 0.5) is 0 Å². The van der Waals surface area contributed by atoms with E-state index in [-0.39, 0.29) is 5.91 Å². The lowest BCUT2D eigenvalue weighted by Crippen LogP contribution is -2.31. The standard InChI is InChI=1S/C17H19BrN2O/c1-4-20(11-15-7-5-6-13(3)19-15)17(21)16-10-14(18)9-8-12(16)2/h5-10H,4,11H2,1-3H3. The van der Waals surface area contributed by atoms with Crippen LogP contribution in [0.3, 0.4) is 0 Å². The second kappa shape index (κ2) is 6.85. The van der Waals surface area contributed by atoms with Crippen molar-refractivity contribution in [2.24, 2.45) is 0 Å². The van der Waals surface area contributed by atoms with Gasteiger partial charge in [0.25, 0.3) is 5.91 Å². The van der Waals surface area contributed by atoms with Gasteiger partial charge in [0, 0.05) is 22.3 Å². The van der Waals surface area contributed by atoms with Crippen molar-refractivity contribution in [3.8, 4) is 0 Å². The van der Waals surface area contributed by atoms with E-state index in [2.05, 4.69) is 20.9 Å². The van der Waals surface area contributed by atoms with Crippen LogP contribution < -0.4 is 0 Å². The number of hydrogen-bond donors (Lipinski definition) is 0. The molecule has 2 rings (SSSR count). The number of rotatable bonds is 4. The smallest absolute Gasteiger partial charge is 0.254 e. The van der Waals surface area contributed by atoms with Gasteiger partial charge in [-0.25, -0.2) is 0 Å². The first-order chi connectivity index (χ1) is 10.0. The highest BCUT2D eigenvalue weighted by Gasteiger charge is 2.17. The minimum Gasteiger partial charge on any atom is -0.333 e. The number of aromatic nitrogens is 1. The summed E-state index contributed by atoms with van der Waals surface area (Å²) in [7, 11) is 0. The van der Waals surface area contributed by atoms with E-state index < -0.39 is 0 Å². The van der Waals surface area contributed by atoms with Gasteiger partial charge >= 0.3 is 0 Å². The molecule has 0 fully saturated rings. The molecule has 0 aliphatic heterocycles. The minimum atomic E-state index is 0.0413. The fourth-order valence-corrected chi connectivity index (χ4v) is 2.57. The quantitative estimate of drug-likeness (QED) is 0.833. The van der Waals surface area contributed by atoms with Crippen LogP contribution in [0.5, 0.6) is 0 Å². The van der Waals surface area contributed by atoms with Gasteiger partial charge in [-0.15, -0.1) is 0 Å². The molecule has 0 aliphatic rings. The third kappa shape index (κ3) is 3.91. The van der Waals surface area contributed by atoms with Gasteiger partial charge in [-0.1, -0.05) is 28.1 Å². The van der Waals surface area contributed by atoms with E-state index in [1.54, 1.807) is 0 Å². The molecule has 1 aromatic heterocycles. The number of amides is 1. The number of benzene rings is 1. The van der Waals surface area contributed by atoms with Crippen LogP contribution in [-0.2, 0) is 6.54 Å². The van der Waals surface area contributed by atoms with Gasteiger partial charge < -0.3 is 4.90 Å². The average molecular weight is 347 g/mol. The molecule has 1 aromatic carbocycles. The van der Waals surface area contributed by atoms with Gasteiger partial charge in [-0.3, -0.25) is 9.78 Å². The van der Waals surface area contributed by atoms with Crippen molar-refractivity contribution in [1.29, 1.82) is 0 Å². The molecule has 0 unspecified atom stereocenters. The zero-order chi connectivity index (χ0) is 15.4. The number of nitrogens with zero attached hydrogens (tertiary/aromatic N) is 2. The van der Waals surface area contributed by atoms with Crippen molar-refractivity contribution in [2.45, 2.75) is 27.3 Å². The van der Waals surface area contributed by atoms with Gasteiger partial charge in [0.05, 0.1) is 12.2 Å². The zero-order valence-electron chi connectivity index (χ0n) is 12.6. The van der Waals surface area contributed by atoms with Gasteiger partial charge in [0.15, 0.2) is 0 Å². The molecular weight excluding hydrogens is 328 g/mol. The summed E-state index contributed by atoms with van der Waals surface area (Å²) in [5.74, 6) is 0.0413. The van der Waals surface area contributed by atoms with E-state index in [4.69, 9.17) is 0 Å². The summed E-state index contributed by atoms with van der Waals surface area (Å²) in [6, 6.07) is 11.7. The Morgan fingerprint density at radius 1 is 1.24 bits per heavy atom. The second-order valence-electron chi connectivity index (χ2n) is 5.05. The molecule has 0 N–H and O–H groups in total. The molecule has 0 bridgehead atoms. The molecule has 0 saturated carbocycles. The molecule has 110 valence electrons. The summed E-state index contributed by atoms with van der Waals surface area (Å²) in [4.78, 5) is 19.0. The Balaban J connectivity index is 2.24. The van der Waals surface area contributed by atoms with Crippen LogP contribution in [-0.4, -0.2) is 22.3 Å². The molecule has 3 nitrogen and oxygen atoms in total. The number of carbonyl (C=O) groups is 1. The predicted molar refractivity (Wildman–Crippen MR) is 88.3 cm³/mol. The first kappa shape index (κ1) is 15.7. The summed E-state index contributed by atoms with van der Waals surface area (Å²) < 4.78 is 0.918. The maximum absolute atomic E-state index is 12.7. The Labute approximate surface area is 134 Å². The van der Waals surface area contributed by atoms with Crippen LogP contribution in [0.1, 0.15) is 34.2 Å². The fraction of sp³-hybridized carbons (Fsp3) is 0.294. The first-order valence-corrected chi connectivity index (χ1v) is 7.78. The molecule has 0 radical (unpaired) electrons. The summed E-state index contributed by atoms with van der Waals surface area (Å²) in [5, 5.41) is 0. The second-order valence-corrected chi connectivity index (χ2v) is 5.96. The molecule has 2 aromatic rings. The molecule has 4 heteroatoms. The Morgan fingerprint density at radius 3 is 2.67 bits per heavy atom. The number of carbonyl (C=O) groups excluding carboxylic acids is 1. The monoisotopic (exact) mass is 346 g/mol. The number of hydrogen-bond acceptors (Lipinski definition) is 2. The van der Waals surface area contributed by atoms with Crippen molar-refractivity contribution in [2.75, 3.05) is 6.54 Å². The Morgan fingerprint density at radius 2 is 2.00 bits per heavy atom. The fourth-order valence-electron chi connectivity index (χ4n) is 2.21. The first-order valence-electron chi connectivity index (χ1n) is 6.99. The van der Waals surface area contributed by atoms with Gasteiger partial charge in [0.2, 0.25) is 0 Å². The molecule has 1 amide bonds. The highest BCUT2D eigenvalue weighted by molar-refractivity contribution is 9.10. The van der Waals surface area contributed by atoms with E-state index in [0.717, 1.165) is 27.0 Å². The van der Waals surface area contributed by atoms with Crippen molar-refractivity contribution >= 4 is 21.8 Å². The molecule has 1 heterocycles. The molecular formula is C17H19BrN2O. The molecule has 0 spiro atoms. The Bertz CT molecular complexity index is 655. The van der Waals surface area contributed by atoms with Gasteiger partial charge in [0.1, 0.15) is 0 Å². The lowest BCUT2D eigenvalue weighted by Gasteiger charge is -2.22. The SMILES string of the molecule is CCN(Cc1cccc(C)n1)C(=O)c1cc(Br)ccc1C. The number of aryl methyl sites for hydroxylation is 2. The van der Waals surface area contributed by atoms with Crippen molar-refractivity contribution in [3.63, 3.8) is 0 Å². The van der Waals surface area contributed by atoms with Crippen LogP contribution in [0.2, 0.25) is 0 Å². The third-order valence-electron chi connectivity index (χ3n) is 3.40. The summed E-state index contributed by atoms with van der Waals surface area (Å²) in [5.41, 5.74) is 3.60. The van der Waals surface area contributed by atoms with Crippen LogP contribution in [0.25, 0.3) is 0 Å². The maximum Gasteiger partial charge on any atom is 0.254 e. The van der Waals surface area contributed by atoms with E-state index >= 15 is 0 Å². The Kier molecular flexibility index (Phi) is 5.12. The van der Waals surface area contributed by atoms with Crippen molar-refractivity contribution in [1.82, 2.24) is 9.88 Å². The molecule has 0 saturated heterocycles. The lowest BCUT2D eigenvalue weighted by atomic mass is 10.1. The van der Waals surface area contributed by atoms with E-state index in [9.17, 15) is 4.79 Å².